The molecule has 0 unspecified atom stereocenters. The van der Waals surface area contributed by atoms with Gasteiger partial charge in [-0.3, -0.25) is 4.57 Å². The zero-order chi connectivity index (χ0) is 10.7. The molecule has 0 radical (unpaired) electrons. The van der Waals surface area contributed by atoms with Gasteiger partial charge in [-0.1, -0.05) is 13.8 Å². The normalized spacial score (nSPS) is 10.8. The number of aryl methyl sites for hydroxylation is 2. The molecule has 4 heteroatoms. The molecule has 2 heterocycles. The maximum absolute atomic E-state index is 4.56. The van der Waals surface area contributed by atoms with Crippen LogP contribution in [0.1, 0.15) is 31.8 Å². The lowest BCUT2D eigenvalue weighted by atomic mass is 10.3. The third-order valence-corrected chi connectivity index (χ3v) is 3.19. The molecular formula is C11H15N3S. The van der Waals surface area contributed by atoms with Crippen LogP contribution >= 0.6 is 11.3 Å². The van der Waals surface area contributed by atoms with E-state index in [1.165, 1.54) is 0 Å². The van der Waals surface area contributed by atoms with Crippen molar-refractivity contribution in [2.45, 2.75) is 33.1 Å². The lowest BCUT2D eigenvalue weighted by molar-refractivity contribution is 0.803. The molecule has 0 fully saturated rings. The zero-order valence-corrected chi connectivity index (χ0v) is 9.92. The number of hydrogen-bond donors (Lipinski definition) is 0. The lowest BCUT2D eigenvalue weighted by Crippen LogP contribution is -1.99. The molecule has 2 rings (SSSR count). The van der Waals surface area contributed by atoms with Gasteiger partial charge in [-0.25, -0.2) is 9.97 Å². The van der Waals surface area contributed by atoms with Gasteiger partial charge in [0.05, 0.1) is 5.69 Å². The molecule has 0 atom stereocenters. The second kappa shape index (κ2) is 4.57. The minimum absolute atomic E-state index is 0.994. The summed E-state index contributed by atoms with van der Waals surface area (Å²) in [6.07, 6.45) is 6.95. The van der Waals surface area contributed by atoms with Crippen LogP contribution < -0.4 is 0 Å². The molecule has 2 aromatic heterocycles. The average Bonchev–Trinajstić information content (AvgIpc) is 2.85. The number of rotatable bonds is 4. The van der Waals surface area contributed by atoms with E-state index in [4.69, 9.17) is 0 Å². The van der Waals surface area contributed by atoms with Crippen molar-refractivity contribution in [3.05, 3.63) is 29.3 Å². The first-order valence-corrected chi connectivity index (χ1v) is 6.20. The van der Waals surface area contributed by atoms with Gasteiger partial charge < -0.3 is 0 Å². The zero-order valence-electron chi connectivity index (χ0n) is 9.10. The van der Waals surface area contributed by atoms with Crippen molar-refractivity contribution in [2.24, 2.45) is 0 Å². The fraction of sp³-hybridized carbons (Fsp3) is 0.455. The summed E-state index contributed by atoms with van der Waals surface area (Å²) in [5.41, 5.74) is 1.16. The predicted octanol–water partition coefficient (Wildman–Crippen LogP) is 2.84. The fourth-order valence-corrected chi connectivity index (χ4v) is 2.40. The molecule has 15 heavy (non-hydrogen) atoms. The van der Waals surface area contributed by atoms with E-state index in [1.54, 1.807) is 11.3 Å². The molecule has 0 aliphatic heterocycles. The lowest BCUT2D eigenvalue weighted by Gasteiger charge is -2.01. The Bertz CT molecular complexity index is 430. The third-order valence-electron chi connectivity index (χ3n) is 2.30. The van der Waals surface area contributed by atoms with Crippen LogP contribution in [0.4, 0.5) is 0 Å². The second-order valence-electron chi connectivity index (χ2n) is 3.44. The van der Waals surface area contributed by atoms with Crippen LogP contribution in [0.2, 0.25) is 0 Å². The quantitative estimate of drug-likeness (QED) is 0.794. The van der Waals surface area contributed by atoms with Gasteiger partial charge in [0, 0.05) is 24.2 Å². The maximum atomic E-state index is 4.56. The molecule has 80 valence electrons. The van der Waals surface area contributed by atoms with E-state index in [2.05, 4.69) is 33.8 Å². The van der Waals surface area contributed by atoms with E-state index in [0.29, 0.717) is 0 Å². The Labute approximate surface area is 93.8 Å². The first-order valence-electron chi connectivity index (χ1n) is 5.32. The smallest absolute Gasteiger partial charge is 0.195 e. The van der Waals surface area contributed by atoms with E-state index in [1.807, 2.05) is 12.4 Å². The largest absolute Gasteiger partial charge is 0.279 e. The fourth-order valence-electron chi connectivity index (χ4n) is 1.49. The highest BCUT2D eigenvalue weighted by molar-refractivity contribution is 7.12. The summed E-state index contributed by atoms with van der Waals surface area (Å²) >= 11 is 1.68. The summed E-state index contributed by atoms with van der Waals surface area (Å²) < 4.78 is 2.09. The van der Waals surface area contributed by atoms with E-state index in [-0.39, 0.29) is 0 Å². The summed E-state index contributed by atoms with van der Waals surface area (Å²) in [6, 6.07) is 0. The second-order valence-corrected chi connectivity index (χ2v) is 4.27. The number of nitrogens with zero attached hydrogens (tertiary/aromatic N) is 3. The average molecular weight is 221 g/mol. The summed E-state index contributed by atoms with van der Waals surface area (Å²) in [5, 5.41) is 3.15. The van der Waals surface area contributed by atoms with Crippen molar-refractivity contribution >= 4 is 11.3 Å². The minimum atomic E-state index is 0.994. The van der Waals surface area contributed by atoms with E-state index in [9.17, 15) is 0 Å². The Balaban J connectivity index is 2.31. The molecule has 0 saturated heterocycles. The SMILES string of the molecule is CCCc1nccn1-c1nc(CC)cs1. The third kappa shape index (κ3) is 2.09. The molecule has 0 bridgehead atoms. The topological polar surface area (TPSA) is 30.7 Å². The van der Waals surface area contributed by atoms with Gasteiger partial charge in [0.1, 0.15) is 5.82 Å². The highest BCUT2D eigenvalue weighted by atomic mass is 32.1. The Hall–Kier alpha value is -1.16. The highest BCUT2D eigenvalue weighted by Crippen LogP contribution is 2.17. The van der Waals surface area contributed by atoms with Crippen LogP contribution in [0, 0.1) is 0 Å². The molecule has 0 aromatic carbocycles. The molecule has 2 aromatic rings. The molecule has 0 spiro atoms. The van der Waals surface area contributed by atoms with Crippen LogP contribution in [-0.4, -0.2) is 14.5 Å². The van der Waals surface area contributed by atoms with Gasteiger partial charge in [-0.15, -0.1) is 11.3 Å². The maximum Gasteiger partial charge on any atom is 0.195 e. The molecular weight excluding hydrogens is 206 g/mol. The molecule has 0 aliphatic rings. The Morgan fingerprint density at radius 2 is 2.27 bits per heavy atom. The summed E-state index contributed by atoms with van der Waals surface area (Å²) in [6.45, 7) is 4.29. The monoisotopic (exact) mass is 221 g/mol. The highest BCUT2D eigenvalue weighted by Gasteiger charge is 2.07. The van der Waals surface area contributed by atoms with Gasteiger partial charge in [-0.05, 0) is 12.8 Å². The number of aromatic nitrogens is 3. The molecule has 3 nitrogen and oxygen atoms in total. The van der Waals surface area contributed by atoms with Gasteiger partial charge in [-0.2, -0.15) is 0 Å². The van der Waals surface area contributed by atoms with Gasteiger partial charge >= 0.3 is 0 Å². The molecule has 0 amide bonds. The Morgan fingerprint density at radius 3 is 2.93 bits per heavy atom. The first-order chi connectivity index (χ1) is 7.35. The Morgan fingerprint density at radius 1 is 1.40 bits per heavy atom. The summed E-state index contributed by atoms with van der Waals surface area (Å²) in [5.74, 6) is 1.11. The summed E-state index contributed by atoms with van der Waals surface area (Å²) in [4.78, 5) is 8.90. The van der Waals surface area contributed by atoms with Crippen molar-refractivity contribution in [1.82, 2.24) is 14.5 Å². The standard InChI is InChI=1S/C11H15N3S/c1-3-5-10-12-6-7-14(10)11-13-9(4-2)8-15-11/h6-8H,3-5H2,1-2H3. The van der Waals surface area contributed by atoms with Crippen molar-refractivity contribution in [3.8, 4) is 5.13 Å². The van der Waals surface area contributed by atoms with Crippen LogP contribution in [0.25, 0.3) is 5.13 Å². The molecule has 0 aliphatic carbocycles. The number of imidazole rings is 1. The summed E-state index contributed by atoms with van der Waals surface area (Å²) in [7, 11) is 0. The minimum Gasteiger partial charge on any atom is -0.279 e. The van der Waals surface area contributed by atoms with Crippen molar-refractivity contribution < 1.29 is 0 Å². The Kier molecular flexibility index (Phi) is 3.16. The predicted molar refractivity (Wildman–Crippen MR) is 62.6 cm³/mol. The van der Waals surface area contributed by atoms with Gasteiger partial charge in [0.25, 0.3) is 0 Å². The number of hydrogen-bond acceptors (Lipinski definition) is 3. The van der Waals surface area contributed by atoms with Crippen LogP contribution in [0.5, 0.6) is 0 Å². The molecule has 0 saturated carbocycles. The van der Waals surface area contributed by atoms with Crippen LogP contribution in [-0.2, 0) is 12.8 Å². The van der Waals surface area contributed by atoms with Crippen molar-refractivity contribution in [2.75, 3.05) is 0 Å². The van der Waals surface area contributed by atoms with Crippen molar-refractivity contribution in [1.29, 1.82) is 0 Å². The van der Waals surface area contributed by atoms with Crippen LogP contribution in [0.15, 0.2) is 17.8 Å². The van der Waals surface area contributed by atoms with Gasteiger partial charge in [0.2, 0.25) is 0 Å². The van der Waals surface area contributed by atoms with E-state index < -0.39 is 0 Å². The van der Waals surface area contributed by atoms with Gasteiger partial charge in [0.15, 0.2) is 5.13 Å². The number of thiazole rings is 1. The van der Waals surface area contributed by atoms with Crippen LogP contribution in [0.3, 0.4) is 0 Å². The van der Waals surface area contributed by atoms with Crippen molar-refractivity contribution in [3.63, 3.8) is 0 Å². The first kappa shape index (κ1) is 10.4. The van der Waals surface area contributed by atoms with E-state index >= 15 is 0 Å². The van der Waals surface area contributed by atoms with E-state index in [0.717, 1.165) is 35.9 Å². The molecule has 0 N–H and O–H groups in total.